The summed E-state index contributed by atoms with van der Waals surface area (Å²) in [6.45, 7) is 6.52. The van der Waals surface area contributed by atoms with Gasteiger partial charge < -0.3 is 9.64 Å². The Labute approximate surface area is 180 Å². The van der Waals surface area contributed by atoms with E-state index >= 15 is 0 Å². The molecule has 0 unspecified atom stereocenters. The molecule has 2 heterocycles. The van der Waals surface area contributed by atoms with Crippen molar-refractivity contribution in [3.63, 3.8) is 0 Å². The number of carbonyl (C=O) groups excluding carboxylic acids is 1. The number of hydrogen-bond donors (Lipinski definition) is 0. The van der Waals surface area contributed by atoms with Crippen molar-refractivity contribution in [1.29, 1.82) is 0 Å². The minimum atomic E-state index is -0.125. The molecule has 1 fully saturated rings. The molecule has 2 aromatic rings. The van der Waals surface area contributed by atoms with Crippen LogP contribution in [0.25, 0.3) is 0 Å². The maximum atomic E-state index is 11.6. The molecule has 1 saturated heterocycles. The zero-order chi connectivity index (χ0) is 20.2. The molecule has 0 N–H and O–H groups in total. The first-order valence-electron chi connectivity index (χ1n) is 9.92. The first kappa shape index (κ1) is 20.3. The van der Waals surface area contributed by atoms with E-state index in [0.29, 0.717) is 13.0 Å². The lowest BCUT2D eigenvalue weighted by Crippen LogP contribution is -2.49. The van der Waals surface area contributed by atoms with Crippen LogP contribution in [-0.4, -0.2) is 60.9 Å². The fourth-order valence-corrected chi connectivity index (χ4v) is 4.77. The van der Waals surface area contributed by atoms with E-state index < -0.39 is 0 Å². The second kappa shape index (κ2) is 9.20. The van der Waals surface area contributed by atoms with Gasteiger partial charge in [0.15, 0.2) is 0 Å². The van der Waals surface area contributed by atoms with Gasteiger partial charge in [0.05, 0.1) is 18.7 Å². The highest BCUT2D eigenvalue weighted by atomic mass is 35.5. The van der Waals surface area contributed by atoms with Gasteiger partial charge in [0.25, 0.3) is 0 Å². The lowest BCUT2D eigenvalue weighted by atomic mass is 10.1. The molecule has 0 amide bonds. The molecule has 4 rings (SSSR count). The number of benzene rings is 2. The molecular formula is C22H24ClN3O2S. The normalized spacial score (nSPS) is 16.5. The molecule has 0 spiro atoms. The highest BCUT2D eigenvalue weighted by molar-refractivity contribution is 7.99. The zero-order valence-corrected chi connectivity index (χ0v) is 18.0. The Hall–Kier alpha value is -2.02. The number of ether oxygens (including phenoxy) is 1. The van der Waals surface area contributed by atoms with Gasteiger partial charge in [-0.15, -0.1) is 0 Å². The van der Waals surface area contributed by atoms with E-state index in [1.165, 1.54) is 4.90 Å². The van der Waals surface area contributed by atoms with Crippen LogP contribution in [0.2, 0.25) is 5.02 Å². The van der Waals surface area contributed by atoms with Crippen molar-refractivity contribution in [2.75, 3.05) is 39.3 Å². The molecule has 0 aromatic heterocycles. The van der Waals surface area contributed by atoms with Gasteiger partial charge in [-0.25, -0.2) is 4.99 Å². The van der Waals surface area contributed by atoms with Crippen LogP contribution in [0.1, 0.15) is 18.9 Å². The number of fused-ring (bicyclic) bond motifs is 2. The van der Waals surface area contributed by atoms with Gasteiger partial charge in [-0.3, -0.25) is 9.69 Å². The molecule has 0 atom stereocenters. The summed E-state index contributed by atoms with van der Waals surface area (Å²) < 4.78 is 5.04. The maximum Gasteiger partial charge on any atom is 0.307 e. The van der Waals surface area contributed by atoms with Crippen molar-refractivity contribution in [3.05, 3.63) is 53.1 Å². The fourth-order valence-electron chi connectivity index (χ4n) is 3.60. The molecule has 0 saturated carbocycles. The number of rotatable bonds is 4. The lowest BCUT2D eigenvalue weighted by Gasteiger charge is -2.36. The summed E-state index contributed by atoms with van der Waals surface area (Å²) in [4.78, 5) is 23.6. The van der Waals surface area contributed by atoms with Crippen molar-refractivity contribution in [1.82, 2.24) is 9.80 Å². The fraction of sp³-hybridized carbons (Fsp3) is 0.364. The first-order chi connectivity index (χ1) is 14.1. The van der Waals surface area contributed by atoms with Crippen LogP contribution in [0.5, 0.6) is 0 Å². The number of hydrogen-bond acceptors (Lipinski definition) is 6. The second-order valence-corrected chi connectivity index (χ2v) is 8.55. The molecular weight excluding hydrogens is 406 g/mol. The molecule has 0 radical (unpaired) electrons. The Morgan fingerprint density at radius 1 is 1.14 bits per heavy atom. The number of amidine groups is 1. The molecule has 2 aromatic carbocycles. The van der Waals surface area contributed by atoms with Gasteiger partial charge in [-0.2, -0.15) is 0 Å². The third-order valence-corrected chi connectivity index (χ3v) is 6.48. The minimum absolute atomic E-state index is 0.125. The van der Waals surface area contributed by atoms with Gasteiger partial charge in [0.2, 0.25) is 0 Å². The van der Waals surface area contributed by atoms with E-state index in [-0.39, 0.29) is 5.97 Å². The van der Waals surface area contributed by atoms with Crippen LogP contribution < -0.4 is 0 Å². The van der Waals surface area contributed by atoms with Crippen molar-refractivity contribution < 1.29 is 9.53 Å². The average molecular weight is 430 g/mol. The molecule has 5 nitrogen and oxygen atoms in total. The summed E-state index contributed by atoms with van der Waals surface area (Å²) >= 11 is 8.06. The summed E-state index contributed by atoms with van der Waals surface area (Å²) in [5, 5.41) is 0.719. The third-order valence-electron chi connectivity index (χ3n) is 5.10. The summed E-state index contributed by atoms with van der Waals surface area (Å²) in [5.41, 5.74) is 2.07. The number of carbonyl (C=O) groups is 1. The first-order valence-corrected chi connectivity index (χ1v) is 11.1. The molecule has 2 aliphatic heterocycles. The molecule has 2 aliphatic rings. The summed E-state index contributed by atoms with van der Waals surface area (Å²) in [6.07, 6.45) is 0.442. The van der Waals surface area contributed by atoms with E-state index in [0.717, 1.165) is 59.7 Å². The highest BCUT2D eigenvalue weighted by Gasteiger charge is 2.25. The Bertz CT molecular complexity index is 926. The number of nitrogens with zero attached hydrogens (tertiary/aromatic N) is 3. The summed E-state index contributed by atoms with van der Waals surface area (Å²) in [5.74, 6) is 0.852. The monoisotopic (exact) mass is 429 g/mol. The minimum Gasteiger partial charge on any atom is -0.466 e. The smallest absolute Gasteiger partial charge is 0.307 e. The number of aliphatic imine (C=N–C) groups is 1. The average Bonchev–Trinajstić information content (AvgIpc) is 2.89. The lowest BCUT2D eigenvalue weighted by molar-refractivity contribution is -0.143. The van der Waals surface area contributed by atoms with Crippen molar-refractivity contribution in [2.24, 2.45) is 4.99 Å². The number of piperazine rings is 1. The standard InChI is InChI=1S/C22H24ClN3O2S/c1-2-28-21(27)9-10-25-11-13-26(14-12-25)22-17-15-16(23)7-8-19(17)29-20-6-4-3-5-18(20)24-22/h3-8,15H,2,9-14H2,1H3. The van der Waals surface area contributed by atoms with E-state index in [9.17, 15) is 4.79 Å². The van der Waals surface area contributed by atoms with Crippen LogP contribution in [0.4, 0.5) is 5.69 Å². The summed E-state index contributed by atoms with van der Waals surface area (Å²) in [7, 11) is 0. The highest BCUT2D eigenvalue weighted by Crippen LogP contribution is 2.41. The van der Waals surface area contributed by atoms with Crippen molar-refractivity contribution >= 4 is 40.9 Å². The van der Waals surface area contributed by atoms with Crippen LogP contribution in [0.3, 0.4) is 0 Å². The van der Waals surface area contributed by atoms with Crippen LogP contribution in [0, 0.1) is 0 Å². The second-order valence-electron chi connectivity index (χ2n) is 7.03. The molecule has 7 heteroatoms. The quantitative estimate of drug-likeness (QED) is 0.671. The van der Waals surface area contributed by atoms with Gasteiger partial charge in [0, 0.05) is 53.1 Å². The largest absolute Gasteiger partial charge is 0.466 e. The van der Waals surface area contributed by atoms with Gasteiger partial charge in [0.1, 0.15) is 5.84 Å². The predicted octanol–water partition coefficient (Wildman–Crippen LogP) is 4.45. The van der Waals surface area contributed by atoms with Crippen LogP contribution >= 0.6 is 23.4 Å². The van der Waals surface area contributed by atoms with Crippen LogP contribution in [-0.2, 0) is 9.53 Å². The molecule has 152 valence electrons. The SMILES string of the molecule is CCOC(=O)CCN1CCN(C2=Nc3ccccc3Sc3ccc(Cl)cc32)CC1. The zero-order valence-electron chi connectivity index (χ0n) is 16.4. The Kier molecular flexibility index (Phi) is 6.43. The third kappa shape index (κ3) is 4.77. The predicted molar refractivity (Wildman–Crippen MR) is 117 cm³/mol. The van der Waals surface area contributed by atoms with Crippen molar-refractivity contribution in [2.45, 2.75) is 23.1 Å². The topological polar surface area (TPSA) is 45.1 Å². The molecule has 0 bridgehead atoms. The number of halogens is 1. The number of esters is 1. The Morgan fingerprint density at radius 2 is 1.93 bits per heavy atom. The van der Waals surface area contributed by atoms with E-state index in [1.54, 1.807) is 11.8 Å². The van der Waals surface area contributed by atoms with Gasteiger partial charge in [-0.05, 0) is 37.3 Å². The maximum absolute atomic E-state index is 11.6. The van der Waals surface area contributed by atoms with Gasteiger partial charge >= 0.3 is 5.97 Å². The Balaban J connectivity index is 1.53. The van der Waals surface area contributed by atoms with E-state index in [1.807, 2.05) is 31.2 Å². The number of para-hydroxylation sites is 1. The molecule has 0 aliphatic carbocycles. The van der Waals surface area contributed by atoms with Gasteiger partial charge in [-0.1, -0.05) is 35.5 Å². The van der Waals surface area contributed by atoms with E-state index in [4.69, 9.17) is 21.3 Å². The van der Waals surface area contributed by atoms with Crippen molar-refractivity contribution in [3.8, 4) is 0 Å². The summed E-state index contributed by atoms with van der Waals surface area (Å²) in [6, 6.07) is 14.3. The van der Waals surface area contributed by atoms with E-state index in [2.05, 4.69) is 28.0 Å². The van der Waals surface area contributed by atoms with Crippen LogP contribution in [0.15, 0.2) is 57.2 Å². The Morgan fingerprint density at radius 3 is 2.72 bits per heavy atom. The molecule has 29 heavy (non-hydrogen) atoms.